The minimum Gasteiger partial charge on any atom is -0.354 e. The van der Waals surface area contributed by atoms with Crippen LogP contribution in [0.2, 0.25) is 0 Å². The van der Waals surface area contributed by atoms with Crippen LogP contribution in [0.5, 0.6) is 0 Å². The molecule has 0 bridgehead atoms. The van der Waals surface area contributed by atoms with Gasteiger partial charge in [-0.1, -0.05) is 85.0 Å². The van der Waals surface area contributed by atoms with Crippen LogP contribution in [0.1, 0.15) is 27.2 Å². The van der Waals surface area contributed by atoms with Gasteiger partial charge >= 0.3 is 0 Å². The predicted molar refractivity (Wildman–Crippen MR) is 194 cm³/mol. The molecule has 8 heteroatoms. The van der Waals surface area contributed by atoms with Crippen LogP contribution in [-0.4, -0.2) is 32.1 Å². The highest BCUT2D eigenvalue weighted by atomic mass is 32.1. The van der Waals surface area contributed by atoms with Gasteiger partial charge in [0.1, 0.15) is 22.7 Å². The maximum absolute atomic E-state index is 14.3. The van der Waals surface area contributed by atoms with Crippen LogP contribution >= 0.6 is 11.3 Å². The van der Waals surface area contributed by atoms with Gasteiger partial charge in [-0.2, -0.15) is 5.10 Å². The number of thiophene rings is 1. The molecule has 6 nitrogen and oxygen atoms in total. The van der Waals surface area contributed by atoms with Crippen molar-refractivity contribution in [2.45, 2.75) is 12.0 Å². The summed E-state index contributed by atoms with van der Waals surface area (Å²) in [6, 6.07) is 35.5. The molecular weight excluding hydrogens is 630 g/mol. The molecule has 1 unspecified atom stereocenters. The first-order valence-electron chi connectivity index (χ1n) is 16.2. The summed E-state index contributed by atoms with van der Waals surface area (Å²) in [5.74, 6) is -0.374. The number of allylic oxidation sites excluding steroid dienone is 4. The number of pyridine rings is 1. The summed E-state index contributed by atoms with van der Waals surface area (Å²) in [5.41, 5.74) is 6.57. The standard InChI is InChI=1S/C41H32FN5OS/c1-43-40(48)37-23-22-36(49-37)35-25-44-38-24-19-29(26-46(35)38)34-27-47(45-39(34)28-17-20-33(42)21-18-28)41(30-11-5-2-6-12-30,31-13-7-3-8-14-31)32-15-9-4-10-16-32/h2-15,17-27,32H,16H2,1H3,(H,43,48). The molecule has 240 valence electrons. The van der Waals surface area contributed by atoms with E-state index >= 15 is 0 Å². The number of hydrogen-bond acceptors (Lipinski definition) is 4. The highest BCUT2D eigenvalue weighted by Crippen LogP contribution is 2.46. The molecule has 0 radical (unpaired) electrons. The molecule has 0 spiro atoms. The Hall–Kier alpha value is -5.86. The van der Waals surface area contributed by atoms with Crippen LogP contribution in [0.25, 0.3) is 38.6 Å². The van der Waals surface area contributed by atoms with Gasteiger partial charge in [0.05, 0.1) is 21.6 Å². The van der Waals surface area contributed by atoms with E-state index in [1.54, 1.807) is 19.2 Å². The summed E-state index contributed by atoms with van der Waals surface area (Å²) in [6.07, 6.45) is 15.6. The summed E-state index contributed by atoms with van der Waals surface area (Å²) < 4.78 is 18.4. The molecule has 3 aromatic carbocycles. The van der Waals surface area contributed by atoms with Crippen molar-refractivity contribution in [3.63, 3.8) is 0 Å². The minimum absolute atomic E-state index is 0.0483. The topological polar surface area (TPSA) is 64.2 Å². The third-order valence-corrected chi connectivity index (χ3v) is 10.4. The Labute approximate surface area is 287 Å². The molecule has 1 aliphatic carbocycles. The number of rotatable bonds is 8. The van der Waals surface area contributed by atoms with Gasteiger partial charge in [-0.3, -0.25) is 13.9 Å². The highest BCUT2D eigenvalue weighted by molar-refractivity contribution is 7.17. The number of carbonyl (C=O) groups is 1. The number of fused-ring (bicyclic) bond motifs is 1. The number of nitrogens with zero attached hydrogens (tertiary/aromatic N) is 4. The van der Waals surface area contributed by atoms with Crippen LogP contribution in [0.3, 0.4) is 0 Å². The van der Waals surface area contributed by atoms with Crippen LogP contribution in [0.15, 0.2) is 152 Å². The number of aromatic nitrogens is 4. The van der Waals surface area contributed by atoms with E-state index in [-0.39, 0.29) is 17.6 Å². The van der Waals surface area contributed by atoms with E-state index in [0.29, 0.717) is 4.88 Å². The molecule has 1 amide bonds. The van der Waals surface area contributed by atoms with Crippen molar-refractivity contribution in [2.24, 2.45) is 5.92 Å². The normalized spacial score (nSPS) is 14.4. The quantitative estimate of drug-likeness (QED) is 0.177. The van der Waals surface area contributed by atoms with Crippen LogP contribution in [-0.2, 0) is 5.54 Å². The van der Waals surface area contributed by atoms with E-state index in [0.717, 1.165) is 56.2 Å². The smallest absolute Gasteiger partial charge is 0.261 e. The van der Waals surface area contributed by atoms with E-state index in [4.69, 9.17) is 5.10 Å². The maximum Gasteiger partial charge on any atom is 0.261 e. The monoisotopic (exact) mass is 661 g/mol. The van der Waals surface area contributed by atoms with Gasteiger partial charge in [0.25, 0.3) is 5.91 Å². The number of benzene rings is 3. The predicted octanol–water partition coefficient (Wildman–Crippen LogP) is 9.02. The molecule has 4 aromatic heterocycles. The van der Waals surface area contributed by atoms with Crippen molar-refractivity contribution in [3.05, 3.63) is 174 Å². The number of halogens is 1. The Kier molecular flexibility index (Phi) is 7.86. The lowest BCUT2D eigenvalue weighted by molar-refractivity contribution is 0.0967. The SMILES string of the molecule is CNC(=O)c1ccc(-c2cnc3ccc(-c4cn(C(c5ccccc5)(c5ccccc5)C5C=CC=CC5)nc4-c4ccc(F)cc4)cn23)s1. The molecule has 4 heterocycles. The number of amides is 1. The van der Waals surface area contributed by atoms with Gasteiger partial charge in [-0.05, 0) is 66.1 Å². The molecule has 0 saturated carbocycles. The Morgan fingerprint density at radius 1 is 0.857 bits per heavy atom. The average molecular weight is 662 g/mol. The van der Waals surface area contributed by atoms with Gasteiger partial charge in [0.15, 0.2) is 0 Å². The van der Waals surface area contributed by atoms with Crippen LogP contribution in [0, 0.1) is 11.7 Å². The lowest BCUT2D eigenvalue weighted by atomic mass is 9.70. The third kappa shape index (κ3) is 5.30. The highest BCUT2D eigenvalue weighted by Gasteiger charge is 2.44. The lowest BCUT2D eigenvalue weighted by Crippen LogP contribution is -2.43. The van der Waals surface area contributed by atoms with Crippen molar-refractivity contribution >= 4 is 22.9 Å². The molecule has 49 heavy (non-hydrogen) atoms. The van der Waals surface area contributed by atoms with Gasteiger partial charge in [-0.25, -0.2) is 9.37 Å². The van der Waals surface area contributed by atoms with Crippen molar-refractivity contribution < 1.29 is 9.18 Å². The van der Waals surface area contributed by atoms with E-state index < -0.39 is 5.54 Å². The summed E-state index contributed by atoms with van der Waals surface area (Å²) in [7, 11) is 1.63. The van der Waals surface area contributed by atoms with E-state index in [1.165, 1.54) is 23.5 Å². The Morgan fingerprint density at radius 2 is 1.57 bits per heavy atom. The van der Waals surface area contributed by atoms with Gasteiger partial charge in [0.2, 0.25) is 0 Å². The molecule has 0 fully saturated rings. The zero-order chi connectivity index (χ0) is 33.4. The van der Waals surface area contributed by atoms with Gasteiger partial charge in [0, 0.05) is 42.0 Å². The summed E-state index contributed by atoms with van der Waals surface area (Å²) >= 11 is 1.42. The van der Waals surface area contributed by atoms with E-state index in [1.807, 2.05) is 36.5 Å². The van der Waals surface area contributed by atoms with Gasteiger partial charge < -0.3 is 5.32 Å². The average Bonchev–Trinajstić information content (AvgIpc) is 3.92. The first kappa shape index (κ1) is 30.5. The first-order chi connectivity index (χ1) is 24.1. The van der Waals surface area contributed by atoms with E-state index in [2.05, 4.69) is 111 Å². The fraction of sp³-hybridized carbons (Fsp3) is 0.0976. The zero-order valence-electron chi connectivity index (χ0n) is 26.7. The number of hydrogen-bond donors (Lipinski definition) is 1. The summed E-state index contributed by atoms with van der Waals surface area (Å²) in [6.45, 7) is 0. The molecule has 1 atom stereocenters. The third-order valence-electron chi connectivity index (χ3n) is 9.26. The molecule has 1 aliphatic rings. The van der Waals surface area contributed by atoms with Crippen molar-refractivity contribution in [1.29, 1.82) is 0 Å². The van der Waals surface area contributed by atoms with E-state index in [9.17, 15) is 9.18 Å². The number of carbonyl (C=O) groups excluding carboxylic acids is 1. The molecule has 1 N–H and O–H groups in total. The van der Waals surface area contributed by atoms with Crippen molar-refractivity contribution in [1.82, 2.24) is 24.5 Å². The largest absolute Gasteiger partial charge is 0.354 e. The van der Waals surface area contributed by atoms with Gasteiger partial charge in [-0.15, -0.1) is 11.3 Å². The Bertz CT molecular complexity index is 2290. The fourth-order valence-electron chi connectivity index (χ4n) is 6.93. The molecule has 8 rings (SSSR count). The second kappa shape index (κ2) is 12.6. The fourth-order valence-corrected chi connectivity index (χ4v) is 7.89. The molecule has 7 aromatic rings. The minimum atomic E-state index is -0.700. The molecular formula is C41H32FN5OS. The molecule has 0 aliphatic heterocycles. The summed E-state index contributed by atoms with van der Waals surface area (Å²) in [4.78, 5) is 18.6. The zero-order valence-corrected chi connectivity index (χ0v) is 27.5. The number of imidazole rings is 1. The Morgan fingerprint density at radius 3 is 2.24 bits per heavy atom. The number of nitrogens with one attached hydrogen (secondary N) is 1. The second-order valence-corrected chi connectivity index (χ2v) is 13.1. The Balaban J connectivity index is 1.38. The van der Waals surface area contributed by atoms with Crippen LogP contribution in [0.4, 0.5) is 4.39 Å². The van der Waals surface area contributed by atoms with Crippen molar-refractivity contribution in [2.75, 3.05) is 7.05 Å². The van der Waals surface area contributed by atoms with Crippen molar-refractivity contribution in [3.8, 4) is 33.0 Å². The molecule has 0 saturated heterocycles. The second-order valence-electron chi connectivity index (χ2n) is 12.0. The maximum atomic E-state index is 14.3. The lowest BCUT2D eigenvalue weighted by Gasteiger charge is -2.41. The summed E-state index contributed by atoms with van der Waals surface area (Å²) in [5, 5.41) is 8.14. The van der Waals surface area contributed by atoms with Crippen LogP contribution < -0.4 is 5.32 Å². The first-order valence-corrected chi connectivity index (χ1v) is 17.0.